The minimum absolute atomic E-state index is 0.119. The van der Waals surface area contributed by atoms with Crippen molar-refractivity contribution in [3.8, 4) is 0 Å². The highest BCUT2D eigenvalue weighted by Gasteiger charge is 2.33. The molecule has 1 aliphatic carbocycles. The molecule has 0 saturated heterocycles. The van der Waals surface area contributed by atoms with Crippen LogP contribution in [-0.4, -0.2) is 55.1 Å². The van der Waals surface area contributed by atoms with Gasteiger partial charge in [0.15, 0.2) is 0 Å². The summed E-state index contributed by atoms with van der Waals surface area (Å²) in [6.45, 7) is 21.7. The summed E-state index contributed by atoms with van der Waals surface area (Å²) in [7, 11) is 4.62. The zero-order chi connectivity index (χ0) is 30.4. The fraction of sp³-hybridized carbons (Fsp3) is 0.611. The molecule has 42 heavy (non-hydrogen) atoms. The van der Waals surface area contributed by atoms with Gasteiger partial charge in [-0.25, -0.2) is 9.97 Å². The first-order valence-corrected chi connectivity index (χ1v) is 16.2. The molecule has 6 heteroatoms. The summed E-state index contributed by atoms with van der Waals surface area (Å²) in [5, 5.41) is 0. The third-order valence-electron chi connectivity index (χ3n) is 9.63. The molecule has 0 N–H and O–H groups in total. The van der Waals surface area contributed by atoms with E-state index in [4.69, 9.17) is 9.97 Å². The van der Waals surface area contributed by atoms with Gasteiger partial charge in [0.25, 0.3) is 0 Å². The van der Waals surface area contributed by atoms with Gasteiger partial charge < -0.3 is 9.13 Å². The largest absolute Gasteiger partial charge is 0.327 e. The van der Waals surface area contributed by atoms with Crippen molar-refractivity contribution in [1.29, 1.82) is 0 Å². The number of likely N-dealkylation sites (N-methyl/N-ethyl adjacent to an activating group) is 2. The van der Waals surface area contributed by atoms with E-state index in [9.17, 15) is 0 Å². The van der Waals surface area contributed by atoms with E-state index in [1.54, 1.807) is 0 Å². The van der Waals surface area contributed by atoms with Crippen molar-refractivity contribution in [2.75, 3.05) is 14.1 Å². The lowest BCUT2D eigenvalue weighted by Gasteiger charge is -2.42. The first-order valence-electron chi connectivity index (χ1n) is 16.2. The molecule has 0 radical (unpaired) electrons. The third kappa shape index (κ3) is 6.03. The van der Waals surface area contributed by atoms with Gasteiger partial charge in [0.05, 0.1) is 35.2 Å². The Morgan fingerprint density at radius 3 is 1.38 bits per heavy atom. The van der Waals surface area contributed by atoms with Crippen LogP contribution >= 0.6 is 0 Å². The Kier molecular flexibility index (Phi) is 8.61. The number of nitrogens with zero attached hydrogens (tertiary/aromatic N) is 6. The fourth-order valence-corrected chi connectivity index (χ4v) is 7.04. The van der Waals surface area contributed by atoms with Crippen molar-refractivity contribution in [3.63, 3.8) is 0 Å². The number of aromatic nitrogens is 4. The molecule has 0 amide bonds. The average Bonchev–Trinajstić information content (AvgIpc) is 3.47. The summed E-state index contributed by atoms with van der Waals surface area (Å²) in [5.41, 5.74) is 7.67. The number of hydrogen-bond acceptors (Lipinski definition) is 4. The smallest absolute Gasteiger partial charge is 0.124 e. The molecule has 0 bridgehead atoms. The van der Waals surface area contributed by atoms with Gasteiger partial charge in [-0.3, -0.25) is 9.80 Å². The summed E-state index contributed by atoms with van der Waals surface area (Å²) >= 11 is 0. The lowest BCUT2D eigenvalue weighted by Crippen LogP contribution is -2.50. The molecule has 0 spiro atoms. The standard InChI is InChI=1S/C36H54N6/c1-11-41-29-19-17-25(35(3,4)5)21-27(29)37-33(41)23-39(9)31-15-13-14-16-32(31)40(10)24-34-38-28-22-26(36(6,7)8)18-20-30(28)42(34)12-2/h17-22,31-32H,11-16,23-24H2,1-10H3/t31-,32-/m1/s1. The van der Waals surface area contributed by atoms with E-state index < -0.39 is 0 Å². The Morgan fingerprint density at radius 1 is 0.667 bits per heavy atom. The van der Waals surface area contributed by atoms with Crippen LogP contribution in [0.2, 0.25) is 0 Å². The highest BCUT2D eigenvalue weighted by atomic mass is 15.3. The lowest BCUT2D eigenvalue weighted by atomic mass is 9.87. The monoisotopic (exact) mass is 570 g/mol. The second kappa shape index (κ2) is 11.8. The van der Waals surface area contributed by atoms with Gasteiger partial charge in [-0.1, -0.05) is 66.5 Å². The second-order valence-corrected chi connectivity index (χ2v) is 14.7. The highest BCUT2D eigenvalue weighted by Crippen LogP contribution is 2.31. The average molecular weight is 571 g/mol. The first-order chi connectivity index (χ1) is 19.8. The predicted molar refractivity (Wildman–Crippen MR) is 177 cm³/mol. The molecule has 0 unspecified atom stereocenters. The normalized spacial score (nSPS) is 18.7. The fourth-order valence-electron chi connectivity index (χ4n) is 7.04. The number of hydrogen-bond donors (Lipinski definition) is 0. The lowest BCUT2D eigenvalue weighted by molar-refractivity contribution is 0.0656. The van der Waals surface area contributed by atoms with E-state index >= 15 is 0 Å². The molecule has 2 atom stereocenters. The zero-order valence-corrected chi connectivity index (χ0v) is 28.0. The quantitative estimate of drug-likeness (QED) is 0.216. The van der Waals surface area contributed by atoms with E-state index in [1.165, 1.54) is 59.5 Å². The summed E-state index contributed by atoms with van der Waals surface area (Å²) in [5.74, 6) is 2.35. The maximum absolute atomic E-state index is 5.20. The molecule has 0 aliphatic heterocycles. The molecule has 1 fully saturated rings. The van der Waals surface area contributed by atoms with Crippen LogP contribution in [0.3, 0.4) is 0 Å². The molecule has 1 saturated carbocycles. The number of rotatable bonds is 8. The van der Waals surface area contributed by atoms with Gasteiger partial charge in [-0.05, 0) is 87.0 Å². The van der Waals surface area contributed by atoms with Crippen LogP contribution in [0.25, 0.3) is 22.1 Å². The van der Waals surface area contributed by atoms with Crippen molar-refractivity contribution in [2.24, 2.45) is 0 Å². The van der Waals surface area contributed by atoms with Gasteiger partial charge in [0.1, 0.15) is 11.6 Å². The van der Waals surface area contributed by atoms with E-state index in [0.717, 1.165) is 37.2 Å². The van der Waals surface area contributed by atoms with Crippen molar-refractivity contribution >= 4 is 22.1 Å². The van der Waals surface area contributed by atoms with Gasteiger partial charge in [0, 0.05) is 25.2 Å². The van der Waals surface area contributed by atoms with Crippen molar-refractivity contribution < 1.29 is 0 Å². The van der Waals surface area contributed by atoms with Crippen molar-refractivity contribution in [2.45, 2.75) is 130 Å². The Labute approximate surface area is 254 Å². The van der Waals surface area contributed by atoms with Crippen molar-refractivity contribution in [3.05, 3.63) is 59.2 Å². The SMILES string of the molecule is CCn1c(CN(C)[C@@H]2CCCC[C@H]2N(C)Cc2nc3cc(C(C)(C)C)ccc3n2CC)nc2cc(C(C)(C)C)ccc21. The van der Waals surface area contributed by atoms with Gasteiger partial charge in [-0.15, -0.1) is 0 Å². The topological polar surface area (TPSA) is 42.1 Å². The summed E-state index contributed by atoms with van der Waals surface area (Å²) in [6.07, 6.45) is 5.04. The minimum atomic E-state index is 0.119. The molecule has 1 aliphatic rings. The van der Waals surface area contributed by atoms with Crippen LogP contribution in [0, 0.1) is 0 Å². The Morgan fingerprint density at radius 2 is 1.05 bits per heavy atom. The van der Waals surface area contributed by atoms with E-state index in [-0.39, 0.29) is 10.8 Å². The second-order valence-electron chi connectivity index (χ2n) is 14.7. The van der Waals surface area contributed by atoms with E-state index in [0.29, 0.717) is 12.1 Å². The van der Waals surface area contributed by atoms with Crippen LogP contribution < -0.4 is 0 Å². The Balaban J connectivity index is 1.38. The van der Waals surface area contributed by atoms with Crippen LogP contribution in [0.15, 0.2) is 36.4 Å². The third-order valence-corrected chi connectivity index (χ3v) is 9.63. The molecule has 4 aromatic rings. The zero-order valence-electron chi connectivity index (χ0n) is 28.0. The molecular formula is C36H54N6. The predicted octanol–water partition coefficient (Wildman–Crippen LogP) is 7.90. The number of benzene rings is 2. The van der Waals surface area contributed by atoms with Crippen LogP contribution in [0.5, 0.6) is 0 Å². The Bertz CT molecular complexity index is 1410. The van der Waals surface area contributed by atoms with E-state index in [2.05, 4.69) is 125 Å². The molecule has 5 rings (SSSR count). The summed E-state index contributed by atoms with van der Waals surface area (Å²) in [6, 6.07) is 14.7. The number of imidazole rings is 2. The molecule has 6 nitrogen and oxygen atoms in total. The van der Waals surface area contributed by atoms with Crippen LogP contribution in [0.1, 0.15) is 104 Å². The summed E-state index contributed by atoms with van der Waals surface area (Å²) in [4.78, 5) is 15.6. The van der Waals surface area contributed by atoms with Gasteiger partial charge >= 0.3 is 0 Å². The molecule has 2 aromatic heterocycles. The van der Waals surface area contributed by atoms with Crippen molar-refractivity contribution in [1.82, 2.24) is 28.9 Å². The van der Waals surface area contributed by atoms with E-state index in [1.807, 2.05) is 0 Å². The minimum Gasteiger partial charge on any atom is -0.327 e. The van der Waals surface area contributed by atoms with Crippen LogP contribution in [-0.2, 0) is 37.0 Å². The highest BCUT2D eigenvalue weighted by molar-refractivity contribution is 5.78. The van der Waals surface area contributed by atoms with Crippen LogP contribution in [0.4, 0.5) is 0 Å². The van der Waals surface area contributed by atoms with Gasteiger partial charge in [0.2, 0.25) is 0 Å². The molecular weight excluding hydrogens is 516 g/mol. The molecule has 228 valence electrons. The number of fused-ring (bicyclic) bond motifs is 2. The maximum Gasteiger partial charge on any atom is 0.124 e. The number of aryl methyl sites for hydroxylation is 2. The summed E-state index contributed by atoms with van der Waals surface area (Å²) < 4.78 is 4.82. The maximum atomic E-state index is 5.20. The Hall–Kier alpha value is -2.70. The first kappa shape index (κ1) is 30.7. The van der Waals surface area contributed by atoms with Gasteiger partial charge in [-0.2, -0.15) is 0 Å². The molecule has 2 heterocycles. The molecule has 2 aromatic carbocycles.